The van der Waals surface area contributed by atoms with E-state index in [2.05, 4.69) is 12.7 Å². The number of amides is 2. The van der Waals surface area contributed by atoms with Crippen molar-refractivity contribution in [3.05, 3.63) is 0 Å². The quantitative estimate of drug-likeness (QED) is 0.191. The van der Waals surface area contributed by atoms with Crippen LogP contribution >= 0.6 is 24.8 Å². The Bertz CT molecular complexity index is 356. The maximum Gasteiger partial charge on any atom is 0.220 e. The van der Waals surface area contributed by atoms with Crippen molar-refractivity contribution in [1.82, 2.24) is 0 Å². The van der Waals surface area contributed by atoms with Crippen LogP contribution < -0.4 is 11.5 Å². The third-order valence-electron chi connectivity index (χ3n) is 5.32. The molecule has 184 valence electrons. The van der Waals surface area contributed by atoms with Crippen LogP contribution in [0.1, 0.15) is 136 Å². The first kappa shape index (κ1) is 36.9. The number of hydrogen-bond acceptors (Lipinski definition) is 2. The first-order valence-corrected chi connectivity index (χ1v) is 12.0. The summed E-state index contributed by atoms with van der Waals surface area (Å²) in [4.78, 5) is 20.5. The topological polar surface area (TPSA) is 86.2 Å². The van der Waals surface area contributed by atoms with Gasteiger partial charge < -0.3 is 11.5 Å². The molecule has 0 fully saturated rings. The Hall–Kier alpha value is -0.480. The van der Waals surface area contributed by atoms with Gasteiger partial charge in [0.15, 0.2) is 0 Å². The van der Waals surface area contributed by atoms with Crippen LogP contribution in [-0.2, 0) is 9.59 Å². The van der Waals surface area contributed by atoms with Crippen LogP contribution in [0.4, 0.5) is 0 Å². The van der Waals surface area contributed by atoms with Crippen LogP contribution in [0.25, 0.3) is 0 Å². The first-order chi connectivity index (χ1) is 13.5. The van der Waals surface area contributed by atoms with Crippen molar-refractivity contribution in [2.75, 3.05) is 0 Å². The van der Waals surface area contributed by atoms with Crippen LogP contribution in [0.15, 0.2) is 0 Å². The molecule has 30 heavy (non-hydrogen) atoms. The first-order valence-electron chi connectivity index (χ1n) is 12.0. The van der Waals surface area contributed by atoms with Gasteiger partial charge in [0.25, 0.3) is 0 Å². The highest BCUT2D eigenvalue weighted by Gasteiger charge is 2.06. The van der Waals surface area contributed by atoms with Gasteiger partial charge in [-0.25, -0.2) is 0 Å². The van der Waals surface area contributed by atoms with Crippen LogP contribution in [0.3, 0.4) is 0 Å². The molecule has 0 aliphatic heterocycles. The second-order valence-corrected chi connectivity index (χ2v) is 8.22. The highest BCUT2D eigenvalue weighted by molar-refractivity contribution is 5.85. The minimum atomic E-state index is -0.245. The van der Waals surface area contributed by atoms with Crippen molar-refractivity contribution < 1.29 is 9.59 Å². The van der Waals surface area contributed by atoms with E-state index in [4.69, 9.17) is 5.73 Å². The predicted molar refractivity (Wildman–Crippen MR) is 137 cm³/mol. The van der Waals surface area contributed by atoms with Gasteiger partial charge in [0.2, 0.25) is 11.8 Å². The van der Waals surface area contributed by atoms with Gasteiger partial charge in [-0.05, 0) is 6.42 Å². The molecule has 0 rings (SSSR count). The van der Waals surface area contributed by atoms with Gasteiger partial charge in [-0.3, -0.25) is 9.59 Å². The fraction of sp³-hybridized carbons (Fsp3) is 0.917. The number of halogens is 2. The lowest BCUT2D eigenvalue weighted by molar-refractivity contribution is -0.121. The lowest BCUT2D eigenvalue weighted by Crippen LogP contribution is -2.20. The van der Waals surface area contributed by atoms with Crippen LogP contribution in [-0.4, -0.2) is 11.8 Å². The molecule has 0 aromatic rings. The molecule has 1 atom stereocenters. The van der Waals surface area contributed by atoms with E-state index in [0.717, 1.165) is 12.8 Å². The molecular weight excluding hydrogens is 419 g/mol. The number of rotatable bonds is 19. The predicted octanol–water partition coefficient (Wildman–Crippen LogP) is 7.48. The van der Waals surface area contributed by atoms with Gasteiger partial charge in [-0.1, -0.05) is 124 Å². The lowest BCUT2D eigenvalue weighted by atomic mass is 10.0. The molecule has 0 aliphatic rings. The molecular formula is C24H52Cl2N2O2. The molecule has 0 bridgehead atoms. The average Bonchev–Trinajstić information content (AvgIpc) is 2.67. The highest BCUT2D eigenvalue weighted by Crippen LogP contribution is 2.15. The SMILES string of the molecule is CCC(N)=O.CCCCCCCCCCCCCCCCCCC(C)C(N)=O.Cl.Cl. The van der Waals surface area contributed by atoms with Gasteiger partial charge in [0, 0.05) is 12.3 Å². The van der Waals surface area contributed by atoms with Crippen molar-refractivity contribution in [3.63, 3.8) is 0 Å². The summed E-state index contributed by atoms with van der Waals surface area (Å²) in [6.45, 7) is 5.94. The molecule has 0 aromatic carbocycles. The number of nitrogens with two attached hydrogens (primary N) is 2. The standard InChI is InChI=1S/C21H43NO.C3H7NO.2ClH/c1-3-4-5-6-7-8-9-10-11-12-13-14-15-16-17-18-19-20(2)21(22)23;1-2-3(4)5;;/h20H,3-19H2,1-2H3,(H2,22,23);2H2,1H3,(H2,4,5);2*1H. The van der Waals surface area contributed by atoms with Gasteiger partial charge in [-0.15, -0.1) is 24.8 Å². The third kappa shape index (κ3) is 35.0. The fourth-order valence-corrected chi connectivity index (χ4v) is 3.14. The van der Waals surface area contributed by atoms with Gasteiger partial charge in [-0.2, -0.15) is 0 Å². The second-order valence-electron chi connectivity index (χ2n) is 8.22. The summed E-state index contributed by atoms with van der Waals surface area (Å²) in [6.07, 6.45) is 23.6. The largest absolute Gasteiger partial charge is 0.370 e. The molecule has 4 N–H and O–H groups in total. The summed E-state index contributed by atoms with van der Waals surface area (Å²) in [6, 6.07) is 0. The molecule has 0 radical (unpaired) electrons. The maximum absolute atomic E-state index is 10.9. The number of carbonyl (C=O) groups is 2. The molecule has 0 saturated carbocycles. The van der Waals surface area contributed by atoms with Crippen molar-refractivity contribution in [2.45, 2.75) is 136 Å². The van der Waals surface area contributed by atoms with Crippen LogP contribution in [0.2, 0.25) is 0 Å². The van der Waals surface area contributed by atoms with Crippen LogP contribution in [0, 0.1) is 5.92 Å². The van der Waals surface area contributed by atoms with Crippen molar-refractivity contribution >= 4 is 36.6 Å². The molecule has 0 aromatic heterocycles. The summed E-state index contributed by atoms with van der Waals surface area (Å²) in [7, 11) is 0. The number of primary amides is 2. The minimum absolute atomic E-state index is 0. The zero-order valence-electron chi connectivity index (χ0n) is 20.1. The molecule has 2 amide bonds. The maximum atomic E-state index is 10.9. The van der Waals surface area contributed by atoms with E-state index in [-0.39, 0.29) is 42.5 Å². The molecule has 0 saturated heterocycles. The minimum Gasteiger partial charge on any atom is -0.370 e. The summed E-state index contributed by atoms with van der Waals surface area (Å²) in [5, 5.41) is 0. The Morgan fingerprint density at radius 2 is 0.867 bits per heavy atom. The van der Waals surface area contributed by atoms with Gasteiger partial charge in [0.05, 0.1) is 0 Å². The van der Waals surface area contributed by atoms with E-state index in [9.17, 15) is 9.59 Å². The summed E-state index contributed by atoms with van der Waals surface area (Å²) >= 11 is 0. The van der Waals surface area contributed by atoms with Crippen molar-refractivity contribution in [2.24, 2.45) is 17.4 Å². The molecule has 4 nitrogen and oxygen atoms in total. The Morgan fingerprint density at radius 1 is 0.600 bits per heavy atom. The fourth-order valence-electron chi connectivity index (χ4n) is 3.14. The van der Waals surface area contributed by atoms with Crippen LogP contribution in [0.5, 0.6) is 0 Å². The molecule has 0 spiro atoms. The third-order valence-corrected chi connectivity index (χ3v) is 5.32. The Morgan fingerprint density at radius 3 is 1.10 bits per heavy atom. The summed E-state index contributed by atoms with van der Waals surface area (Å²) in [5.41, 5.74) is 9.92. The zero-order chi connectivity index (χ0) is 21.5. The summed E-state index contributed by atoms with van der Waals surface area (Å²) < 4.78 is 0. The molecule has 6 heteroatoms. The summed E-state index contributed by atoms with van der Waals surface area (Å²) in [5.74, 6) is -0.336. The highest BCUT2D eigenvalue weighted by atomic mass is 35.5. The monoisotopic (exact) mass is 470 g/mol. The van der Waals surface area contributed by atoms with E-state index in [0.29, 0.717) is 6.42 Å². The molecule has 0 heterocycles. The second kappa shape index (κ2) is 30.7. The average molecular weight is 472 g/mol. The van der Waals surface area contributed by atoms with Gasteiger partial charge in [0.1, 0.15) is 0 Å². The molecule has 0 aliphatic carbocycles. The number of carbonyl (C=O) groups excluding carboxylic acids is 2. The van der Waals surface area contributed by atoms with Crippen molar-refractivity contribution in [3.8, 4) is 0 Å². The van der Waals surface area contributed by atoms with Crippen molar-refractivity contribution in [1.29, 1.82) is 0 Å². The van der Waals surface area contributed by atoms with E-state index in [1.54, 1.807) is 6.92 Å². The Balaban J connectivity index is -0.000000429. The van der Waals surface area contributed by atoms with E-state index < -0.39 is 0 Å². The van der Waals surface area contributed by atoms with E-state index in [1.807, 2.05) is 6.92 Å². The zero-order valence-corrected chi connectivity index (χ0v) is 21.7. The van der Waals surface area contributed by atoms with E-state index in [1.165, 1.54) is 96.3 Å². The number of hydrogen-bond donors (Lipinski definition) is 2. The number of unbranched alkanes of at least 4 members (excludes halogenated alkanes) is 15. The molecule has 1 unspecified atom stereocenters. The smallest absolute Gasteiger partial charge is 0.220 e. The normalized spacial score (nSPS) is 10.8. The Kier molecular flexibility index (Phi) is 37.7. The lowest BCUT2D eigenvalue weighted by Gasteiger charge is -2.06. The van der Waals surface area contributed by atoms with E-state index >= 15 is 0 Å². The van der Waals surface area contributed by atoms with Gasteiger partial charge >= 0.3 is 0 Å². The Labute approximate surface area is 199 Å².